The van der Waals surface area contributed by atoms with Gasteiger partial charge in [0.1, 0.15) is 6.23 Å². The lowest BCUT2D eigenvalue weighted by atomic mass is 10.1. The minimum atomic E-state index is -0.880. The summed E-state index contributed by atoms with van der Waals surface area (Å²) in [5, 5.41) is 14.5. The molecule has 1 atom stereocenters. The second kappa shape index (κ2) is 5.65. The minimum Gasteiger partial charge on any atom is -0.387 e. The summed E-state index contributed by atoms with van der Waals surface area (Å²) >= 11 is 6.67. The third kappa shape index (κ3) is 3.20. The van der Waals surface area contributed by atoms with Crippen LogP contribution in [0.25, 0.3) is 0 Å². The van der Waals surface area contributed by atoms with Crippen LogP contribution in [0.5, 0.6) is 0 Å². The van der Waals surface area contributed by atoms with Crippen LogP contribution in [-0.2, 0) is 0 Å². The molecule has 0 fully saturated rings. The van der Waals surface area contributed by atoms with E-state index >= 15 is 0 Å². The molecule has 1 aromatic carbocycles. The van der Waals surface area contributed by atoms with Crippen molar-refractivity contribution in [3.63, 3.8) is 0 Å². The first-order valence-corrected chi connectivity index (χ1v) is 6.20. The summed E-state index contributed by atoms with van der Waals surface area (Å²) in [6.07, 6.45) is -0.880. The highest BCUT2D eigenvalue weighted by molar-refractivity contribution is 9.11. The van der Waals surface area contributed by atoms with E-state index in [1.165, 1.54) is 6.92 Å². The Hall–Kier alpha value is -0.590. The Kier molecular flexibility index (Phi) is 4.76. The van der Waals surface area contributed by atoms with Gasteiger partial charge in [-0.15, -0.1) is 0 Å². The summed E-state index contributed by atoms with van der Waals surface area (Å²) in [6.45, 7) is 1.49. The topological polar surface area (TPSA) is 61.4 Å². The minimum absolute atomic E-state index is 0.332. The molecule has 0 aliphatic rings. The van der Waals surface area contributed by atoms with Gasteiger partial charge < -0.3 is 15.7 Å². The number of amides is 1. The van der Waals surface area contributed by atoms with E-state index in [2.05, 4.69) is 42.5 Å². The lowest BCUT2D eigenvalue weighted by Gasteiger charge is -2.13. The van der Waals surface area contributed by atoms with Crippen molar-refractivity contribution in [2.45, 2.75) is 13.2 Å². The first kappa shape index (κ1) is 13.5. The molecule has 0 spiro atoms. The van der Waals surface area contributed by atoms with Crippen molar-refractivity contribution in [2.75, 3.05) is 12.4 Å². The van der Waals surface area contributed by atoms with E-state index in [0.29, 0.717) is 11.3 Å². The quantitative estimate of drug-likeness (QED) is 0.732. The van der Waals surface area contributed by atoms with Gasteiger partial charge in [-0.2, -0.15) is 0 Å². The summed E-state index contributed by atoms with van der Waals surface area (Å²) in [5.41, 5.74) is 1.14. The highest BCUT2D eigenvalue weighted by atomic mass is 79.9. The maximum Gasteiger partial charge on any atom is 0.255 e. The molecule has 6 heteroatoms. The van der Waals surface area contributed by atoms with Gasteiger partial charge in [0.05, 0.1) is 11.3 Å². The van der Waals surface area contributed by atoms with Crippen LogP contribution in [0.1, 0.15) is 17.3 Å². The molecule has 88 valence electrons. The third-order valence-electron chi connectivity index (χ3n) is 1.89. The van der Waals surface area contributed by atoms with Gasteiger partial charge in [-0.1, -0.05) is 15.9 Å². The van der Waals surface area contributed by atoms with Gasteiger partial charge in [0, 0.05) is 16.0 Å². The molecule has 0 aromatic heterocycles. The number of nitrogens with one attached hydrogen (secondary N) is 2. The summed E-state index contributed by atoms with van der Waals surface area (Å²) in [7, 11) is 1.73. The van der Waals surface area contributed by atoms with Crippen LogP contribution in [-0.4, -0.2) is 24.3 Å². The molecule has 0 aliphatic carbocycles. The molecule has 3 N–H and O–H groups in total. The highest BCUT2D eigenvalue weighted by Crippen LogP contribution is 2.30. The van der Waals surface area contributed by atoms with E-state index < -0.39 is 6.23 Å². The van der Waals surface area contributed by atoms with E-state index in [-0.39, 0.29) is 5.91 Å². The molecule has 1 amide bonds. The van der Waals surface area contributed by atoms with Crippen molar-refractivity contribution >= 4 is 43.5 Å². The number of carbonyl (C=O) groups is 1. The van der Waals surface area contributed by atoms with E-state index in [1.54, 1.807) is 13.1 Å². The van der Waals surface area contributed by atoms with Gasteiger partial charge in [0.25, 0.3) is 5.91 Å². The predicted molar refractivity (Wildman–Crippen MR) is 70.5 cm³/mol. The fourth-order valence-corrected chi connectivity index (χ4v) is 2.70. The monoisotopic (exact) mass is 350 g/mol. The number of aliphatic hydroxyl groups excluding tert-OH is 1. The summed E-state index contributed by atoms with van der Waals surface area (Å²) < 4.78 is 1.56. The summed E-state index contributed by atoms with van der Waals surface area (Å²) in [6, 6.07) is 3.53. The molecule has 4 nitrogen and oxygen atoms in total. The first-order chi connectivity index (χ1) is 7.45. The lowest BCUT2D eigenvalue weighted by Crippen LogP contribution is -2.32. The molecule has 0 saturated carbocycles. The fourth-order valence-electron chi connectivity index (χ4n) is 1.27. The molecule has 1 aromatic rings. The van der Waals surface area contributed by atoms with E-state index in [1.807, 2.05) is 6.07 Å². The second-order valence-corrected chi connectivity index (χ2v) is 4.98. The molecule has 16 heavy (non-hydrogen) atoms. The number of carbonyl (C=O) groups excluding carboxylic acids is 1. The summed E-state index contributed by atoms with van der Waals surface area (Å²) in [5.74, 6) is -0.332. The number of hydrogen-bond acceptors (Lipinski definition) is 3. The van der Waals surface area contributed by atoms with Crippen molar-refractivity contribution < 1.29 is 9.90 Å². The van der Waals surface area contributed by atoms with Gasteiger partial charge in [-0.25, -0.2) is 0 Å². The standard InChI is InChI=1S/C10H12Br2N2O2/c1-5(15)14-10(16)7-3-6(11)4-8(12)9(7)13-2/h3-5,13,15H,1-2H3,(H,14,16). The smallest absolute Gasteiger partial charge is 0.255 e. The Bertz CT molecular complexity index is 408. The van der Waals surface area contributed by atoms with Crippen LogP contribution in [0.15, 0.2) is 21.1 Å². The Morgan fingerprint density at radius 3 is 2.56 bits per heavy atom. The maximum atomic E-state index is 11.8. The zero-order chi connectivity index (χ0) is 12.3. The van der Waals surface area contributed by atoms with Crippen LogP contribution < -0.4 is 10.6 Å². The molecule has 1 unspecified atom stereocenters. The Labute approximate surface area is 111 Å². The molecule has 0 bridgehead atoms. The zero-order valence-corrected chi connectivity index (χ0v) is 12.0. The number of aliphatic hydroxyl groups is 1. The maximum absolute atomic E-state index is 11.8. The highest BCUT2D eigenvalue weighted by Gasteiger charge is 2.15. The van der Waals surface area contributed by atoms with Gasteiger partial charge in [0.2, 0.25) is 0 Å². The van der Waals surface area contributed by atoms with Crippen LogP contribution in [0.4, 0.5) is 5.69 Å². The lowest BCUT2D eigenvalue weighted by molar-refractivity contribution is 0.0819. The van der Waals surface area contributed by atoms with Gasteiger partial charge >= 0.3 is 0 Å². The van der Waals surface area contributed by atoms with Gasteiger partial charge in [0.15, 0.2) is 0 Å². The van der Waals surface area contributed by atoms with Gasteiger partial charge in [-0.05, 0) is 35.0 Å². The molecular weight excluding hydrogens is 340 g/mol. The summed E-state index contributed by atoms with van der Waals surface area (Å²) in [4.78, 5) is 11.8. The van der Waals surface area contributed by atoms with Crippen molar-refractivity contribution in [1.82, 2.24) is 5.32 Å². The number of anilines is 1. The van der Waals surface area contributed by atoms with Gasteiger partial charge in [-0.3, -0.25) is 4.79 Å². The number of halogens is 2. The first-order valence-electron chi connectivity index (χ1n) is 4.61. The van der Waals surface area contributed by atoms with Crippen LogP contribution >= 0.6 is 31.9 Å². The molecule has 0 heterocycles. The van der Waals surface area contributed by atoms with Crippen molar-refractivity contribution in [2.24, 2.45) is 0 Å². The van der Waals surface area contributed by atoms with Crippen molar-refractivity contribution in [1.29, 1.82) is 0 Å². The third-order valence-corrected chi connectivity index (χ3v) is 2.97. The Balaban J connectivity index is 3.15. The van der Waals surface area contributed by atoms with E-state index in [0.717, 1.165) is 8.95 Å². The van der Waals surface area contributed by atoms with Crippen LogP contribution in [0.3, 0.4) is 0 Å². The zero-order valence-electron chi connectivity index (χ0n) is 8.84. The molecule has 0 aliphatic heterocycles. The van der Waals surface area contributed by atoms with Crippen molar-refractivity contribution in [3.05, 3.63) is 26.6 Å². The molecule has 0 saturated heterocycles. The average molecular weight is 352 g/mol. The molecular formula is C10H12Br2N2O2. The van der Waals surface area contributed by atoms with E-state index in [4.69, 9.17) is 5.11 Å². The second-order valence-electron chi connectivity index (χ2n) is 3.21. The number of rotatable bonds is 3. The predicted octanol–water partition coefficient (Wildman–Crippen LogP) is 2.32. The Morgan fingerprint density at radius 1 is 1.44 bits per heavy atom. The van der Waals surface area contributed by atoms with Crippen molar-refractivity contribution in [3.8, 4) is 0 Å². The number of benzene rings is 1. The molecule has 0 radical (unpaired) electrons. The average Bonchev–Trinajstić information content (AvgIpc) is 2.15. The van der Waals surface area contributed by atoms with E-state index in [9.17, 15) is 4.79 Å². The molecule has 1 rings (SSSR count). The normalized spacial score (nSPS) is 12.1. The fraction of sp³-hybridized carbons (Fsp3) is 0.300. The Morgan fingerprint density at radius 2 is 2.06 bits per heavy atom. The largest absolute Gasteiger partial charge is 0.387 e. The van der Waals surface area contributed by atoms with Crippen LogP contribution in [0, 0.1) is 0 Å². The SMILES string of the molecule is CNc1c(Br)cc(Br)cc1C(=O)NC(C)O. The van der Waals surface area contributed by atoms with Crippen LogP contribution in [0.2, 0.25) is 0 Å². The number of hydrogen-bond donors (Lipinski definition) is 3.